The van der Waals surface area contributed by atoms with Crippen molar-refractivity contribution in [1.29, 1.82) is 0 Å². The van der Waals surface area contributed by atoms with Gasteiger partial charge >= 0.3 is 0 Å². The molecule has 0 aromatic heterocycles. The van der Waals surface area contributed by atoms with Crippen LogP contribution in [0.4, 0.5) is 5.69 Å². The highest BCUT2D eigenvalue weighted by molar-refractivity contribution is 6.36. The van der Waals surface area contributed by atoms with Crippen molar-refractivity contribution >= 4 is 40.6 Å². The average Bonchev–Trinajstić information content (AvgIpc) is 3.07. The number of Topliss-reactive ketones (excluding diaryl/α,β-unsaturated/α-hetero) is 1. The molecule has 6 heteroatoms. The number of hydrogen-bond donors (Lipinski definition) is 1. The Labute approximate surface area is 178 Å². The molecular formula is C24H18ClNO4. The third-order valence-electron chi connectivity index (χ3n) is 4.74. The van der Waals surface area contributed by atoms with Gasteiger partial charge in [-0.15, -0.1) is 0 Å². The van der Waals surface area contributed by atoms with E-state index in [1.807, 2.05) is 12.1 Å². The van der Waals surface area contributed by atoms with Gasteiger partial charge in [0.1, 0.15) is 11.5 Å². The molecule has 0 aliphatic carbocycles. The van der Waals surface area contributed by atoms with Gasteiger partial charge in [-0.3, -0.25) is 9.59 Å². The lowest BCUT2D eigenvalue weighted by molar-refractivity contribution is -0.110. The van der Waals surface area contributed by atoms with Gasteiger partial charge in [0, 0.05) is 27.4 Å². The molecule has 0 fully saturated rings. The molecule has 5 nitrogen and oxygen atoms in total. The fourth-order valence-corrected chi connectivity index (χ4v) is 3.31. The fourth-order valence-electron chi connectivity index (χ4n) is 3.14. The number of benzene rings is 3. The highest BCUT2D eigenvalue weighted by Crippen LogP contribution is 2.35. The van der Waals surface area contributed by atoms with Gasteiger partial charge in [0.05, 0.1) is 7.11 Å². The van der Waals surface area contributed by atoms with Gasteiger partial charge in [0.25, 0.3) is 5.91 Å². The molecule has 4 rings (SSSR count). The second kappa shape index (κ2) is 8.43. The van der Waals surface area contributed by atoms with Gasteiger partial charge in [-0.25, -0.2) is 0 Å². The van der Waals surface area contributed by atoms with Gasteiger partial charge in [-0.05, 0) is 66.2 Å². The van der Waals surface area contributed by atoms with Gasteiger partial charge in [-0.1, -0.05) is 23.7 Å². The van der Waals surface area contributed by atoms with Crippen LogP contribution >= 0.6 is 11.6 Å². The van der Waals surface area contributed by atoms with Crippen molar-refractivity contribution in [2.24, 2.45) is 0 Å². The summed E-state index contributed by atoms with van der Waals surface area (Å²) < 4.78 is 10.7. The zero-order valence-corrected chi connectivity index (χ0v) is 16.9. The maximum atomic E-state index is 12.3. The lowest BCUT2D eigenvalue weighted by Gasteiger charge is -2.07. The van der Waals surface area contributed by atoms with Crippen molar-refractivity contribution in [3.05, 3.63) is 88.4 Å². The third kappa shape index (κ3) is 4.21. The number of hydrogen-bond acceptors (Lipinski definition) is 4. The normalized spacial score (nSPS) is 13.7. The molecule has 1 aliphatic rings. The molecule has 30 heavy (non-hydrogen) atoms. The minimum Gasteiger partial charge on any atom is -0.497 e. The van der Waals surface area contributed by atoms with Crippen LogP contribution in [0.1, 0.15) is 21.5 Å². The molecule has 1 amide bonds. The van der Waals surface area contributed by atoms with Crippen LogP contribution in [0.15, 0.2) is 66.7 Å². The van der Waals surface area contributed by atoms with E-state index in [4.69, 9.17) is 21.1 Å². The van der Waals surface area contributed by atoms with Crippen LogP contribution in [0.5, 0.6) is 11.5 Å². The van der Waals surface area contributed by atoms with E-state index in [1.165, 1.54) is 0 Å². The minimum atomic E-state index is -0.169. The number of carbonyl (C=O) groups is 2. The lowest BCUT2D eigenvalue weighted by atomic mass is 10.0. The van der Waals surface area contributed by atoms with Crippen LogP contribution in [0.25, 0.3) is 11.6 Å². The van der Waals surface area contributed by atoms with E-state index in [0.29, 0.717) is 27.7 Å². The largest absolute Gasteiger partial charge is 0.497 e. The Kier molecular flexibility index (Phi) is 5.55. The molecule has 0 radical (unpaired) electrons. The van der Waals surface area contributed by atoms with E-state index in [-0.39, 0.29) is 18.3 Å². The van der Waals surface area contributed by atoms with E-state index in [2.05, 4.69) is 5.32 Å². The van der Waals surface area contributed by atoms with Crippen molar-refractivity contribution in [1.82, 2.24) is 0 Å². The summed E-state index contributed by atoms with van der Waals surface area (Å²) in [5, 5.41) is 3.40. The number of rotatable bonds is 6. The third-order valence-corrected chi connectivity index (χ3v) is 4.97. The Balaban J connectivity index is 1.43. The van der Waals surface area contributed by atoms with Crippen LogP contribution in [0, 0.1) is 0 Å². The molecule has 1 aliphatic heterocycles. The van der Waals surface area contributed by atoms with Crippen molar-refractivity contribution in [2.75, 3.05) is 19.0 Å². The Bertz CT molecular complexity index is 1130. The van der Waals surface area contributed by atoms with E-state index < -0.39 is 0 Å². The highest BCUT2D eigenvalue weighted by Gasteiger charge is 2.24. The molecule has 0 atom stereocenters. The van der Waals surface area contributed by atoms with Gasteiger partial charge < -0.3 is 14.8 Å². The zero-order chi connectivity index (χ0) is 21.1. The molecular weight excluding hydrogens is 402 g/mol. The van der Waals surface area contributed by atoms with Gasteiger partial charge in [-0.2, -0.15) is 0 Å². The Morgan fingerprint density at radius 3 is 2.40 bits per heavy atom. The first kappa shape index (κ1) is 19.7. The van der Waals surface area contributed by atoms with Crippen molar-refractivity contribution < 1.29 is 19.1 Å². The van der Waals surface area contributed by atoms with E-state index in [0.717, 1.165) is 16.8 Å². The molecule has 3 aromatic rings. The van der Waals surface area contributed by atoms with E-state index in [1.54, 1.807) is 67.8 Å². The predicted molar refractivity (Wildman–Crippen MR) is 117 cm³/mol. The SMILES string of the molecule is COc1ccc(C(=O)COc2ccc(C=C3C(=O)Nc4ccc(Cl)cc43)cc2)cc1. The standard InChI is InChI=1S/C24H18ClNO4/c1-29-18-9-4-16(5-10-18)23(27)14-30-19-7-2-15(3-8-19)12-21-20-13-17(25)6-11-22(20)26-24(21)28/h2-13H,14H2,1H3,(H,26,28). The monoisotopic (exact) mass is 419 g/mol. The number of ketones is 1. The number of amides is 1. The molecule has 0 saturated carbocycles. The quantitative estimate of drug-likeness (QED) is 0.445. The first-order valence-corrected chi connectivity index (χ1v) is 9.64. The lowest BCUT2D eigenvalue weighted by Crippen LogP contribution is -2.11. The van der Waals surface area contributed by atoms with Gasteiger partial charge in [0.2, 0.25) is 0 Å². The molecule has 0 saturated heterocycles. The number of nitrogens with one attached hydrogen (secondary N) is 1. The maximum absolute atomic E-state index is 12.3. The Morgan fingerprint density at radius 2 is 1.70 bits per heavy atom. The van der Waals surface area contributed by atoms with E-state index in [9.17, 15) is 9.59 Å². The first-order valence-electron chi connectivity index (χ1n) is 9.26. The van der Waals surface area contributed by atoms with Crippen LogP contribution in [-0.2, 0) is 4.79 Å². The number of methoxy groups -OCH3 is 1. The van der Waals surface area contributed by atoms with Crippen molar-refractivity contribution in [2.45, 2.75) is 0 Å². The highest BCUT2D eigenvalue weighted by atomic mass is 35.5. The topological polar surface area (TPSA) is 64.6 Å². The van der Waals surface area contributed by atoms with Crippen LogP contribution in [0.2, 0.25) is 5.02 Å². The summed E-state index contributed by atoms with van der Waals surface area (Å²) in [4.78, 5) is 24.5. The summed E-state index contributed by atoms with van der Waals surface area (Å²) in [6.07, 6.45) is 1.80. The molecule has 150 valence electrons. The summed E-state index contributed by atoms with van der Waals surface area (Å²) in [5.74, 6) is 0.967. The van der Waals surface area contributed by atoms with Crippen molar-refractivity contribution in [3.8, 4) is 11.5 Å². The summed E-state index contributed by atoms with van der Waals surface area (Å²) in [5.41, 5.74) is 3.46. The molecule has 0 unspecified atom stereocenters. The van der Waals surface area contributed by atoms with Crippen LogP contribution in [-0.4, -0.2) is 25.4 Å². The Hall–Kier alpha value is -3.57. The maximum Gasteiger partial charge on any atom is 0.256 e. The second-order valence-electron chi connectivity index (χ2n) is 6.71. The summed E-state index contributed by atoms with van der Waals surface area (Å²) in [6, 6.07) is 19.4. The summed E-state index contributed by atoms with van der Waals surface area (Å²) in [7, 11) is 1.58. The summed E-state index contributed by atoms with van der Waals surface area (Å²) in [6.45, 7) is -0.0684. The molecule has 1 N–H and O–H groups in total. The average molecular weight is 420 g/mol. The van der Waals surface area contributed by atoms with E-state index >= 15 is 0 Å². The summed E-state index contributed by atoms with van der Waals surface area (Å²) >= 11 is 6.06. The Morgan fingerprint density at radius 1 is 1.00 bits per heavy atom. The molecule has 0 bridgehead atoms. The molecule has 0 spiro atoms. The van der Waals surface area contributed by atoms with Crippen molar-refractivity contribution in [3.63, 3.8) is 0 Å². The molecule has 3 aromatic carbocycles. The predicted octanol–water partition coefficient (Wildman–Crippen LogP) is 5.10. The number of fused-ring (bicyclic) bond motifs is 1. The number of carbonyl (C=O) groups excluding carboxylic acids is 2. The number of ether oxygens (including phenoxy) is 2. The van der Waals surface area contributed by atoms with Gasteiger partial charge in [0.15, 0.2) is 12.4 Å². The van der Waals surface area contributed by atoms with Crippen LogP contribution in [0.3, 0.4) is 0 Å². The number of halogens is 1. The zero-order valence-electron chi connectivity index (χ0n) is 16.1. The number of anilines is 1. The van der Waals surface area contributed by atoms with Crippen LogP contribution < -0.4 is 14.8 Å². The molecule has 1 heterocycles. The fraction of sp³-hybridized carbons (Fsp3) is 0.0833. The second-order valence-corrected chi connectivity index (χ2v) is 7.15. The first-order chi connectivity index (χ1) is 14.5. The minimum absolute atomic E-state index is 0.0684. The smallest absolute Gasteiger partial charge is 0.256 e.